The number of hydrogen-bond acceptors (Lipinski definition) is 3. The van der Waals surface area contributed by atoms with E-state index in [9.17, 15) is 4.79 Å². The van der Waals surface area contributed by atoms with Crippen LogP contribution in [-0.2, 0) is 0 Å². The fourth-order valence-corrected chi connectivity index (χ4v) is 1.22. The number of benzene rings is 1. The van der Waals surface area contributed by atoms with E-state index in [-0.39, 0.29) is 5.76 Å². The molecule has 0 aliphatic heterocycles. The molecule has 0 atom stereocenters. The van der Waals surface area contributed by atoms with E-state index in [4.69, 9.17) is 5.11 Å². The van der Waals surface area contributed by atoms with Crippen LogP contribution < -0.4 is 0 Å². The normalized spacial score (nSPS) is 10.0. The maximum absolute atomic E-state index is 10.7. The van der Waals surface area contributed by atoms with Gasteiger partial charge in [0.2, 0.25) is 0 Å². The van der Waals surface area contributed by atoms with Crippen LogP contribution in [0.15, 0.2) is 41.1 Å². The topological polar surface area (TPSA) is 63.3 Å². The summed E-state index contributed by atoms with van der Waals surface area (Å²) in [5, 5.41) is 12.2. The van der Waals surface area contributed by atoms with Crippen molar-refractivity contribution >= 4 is 5.97 Å². The fraction of sp³-hybridized carbons (Fsp3) is 0. The summed E-state index contributed by atoms with van der Waals surface area (Å²) in [5.74, 6) is -1.24. The van der Waals surface area contributed by atoms with Gasteiger partial charge < -0.3 is 9.63 Å². The largest absolute Gasteiger partial charge is 0.475 e. The van der Waals surface area contributed by atoms with Crippen LogP contribution in [0.4, 0.5) is 0 Å². The molecule has 0 saturated carbocycles. The van der Waals surface area contributed by atoms with Crippen molar-refractivity contribution in [2.24, 2.45) is 0 Å². The van der Waals surface area contributed by atoms with Gasteiger partial charge in [-0.25, -0.2) is 4.79 Å². The summed E-state index contributed by atoms with van der Waals surface area (Å²) in [5.41, 5.74) is 1.28. The molecule has 0 radical (unpaired) electrons. The first kappa shape index (κ1) is 8.50. The van der Waals surface area contributed by atoms with Crippen LogP contribution in [0.3, 0.4) is 0 Å². The number of rotatable bonds is 2. The van der Waals surface area contributed by atoms with E-state index >= 15 is 0 Å². The third-order valence-electron chi connectivity index (χ3n) is 1.85. The molecule has 0 fully saturated rings. The molecule has 1 aromatic carbocycles. The predicted molar refractivity (Wildman–Crippen MR) is 48.9 cm³/mol. The standard InChI is InChI=1S/C10H7NO3/c12-10(13)9-8(6-11-14-9)7-4-2-1-3-5-7/h1-6H,(H,12,13). The summed E-state index contributed by atoms with van der Waals surface area (Å²) < 4.78 is 4.63. The number of hydrogen-bond donors (Lipinski definition) is 1. The third-order valence-corrected chi connectivity index (χ3v) is 1.85. The summed E-state index contributed by atoms with van der Waals surface area (Å²) in [6.45, 7) is 0. The second-order valence-corrected chi connectivity index (χ2v) is 2.74. The SMILES string of the molecule is O=C(O)c1oncc1-c1ccccc1. The molecule has 0 saturated heterocycles. The molecule has 70 valence electrons. The van der Waals surface area contributed by atoms with Crippen molar-refractivity contribution in [3.63, 3.8) is 0 Å². The Labute approximate surface area is 79.8 Å². The van der Waals surface area contributed by atoms with Crippen molar-refractivity contribution in [3.8, 4) is 11.1 Å². The van der Waals surface area contributed by atoms with Crippen LogP contribution in [0.1, 0.15) is 10.6 Å². The summed E-state index contributed by atoms with van der Waals surface area (Å²) >= 11 is 0. The van der Waals surface area contributed by atoms with Gasteiger partial charge in [0.05, 0.1) is 11.8 Å². The zero-order valence-corrected chi connectivity index (χ0v) is 7.18. The lowest BCUT2D eigenvalue weighted by Crippen LogP contribution is -1.95. The predicted octanol–water partition coefficient (Wildman–Crippen LogP) is 2.04. The molecule has 0 spiro atoms. The average Bonchev–Trinajstić information content (AvgIpc) is 2.67. The summed E-state index contributed by atoms with van der Waals surface area (Å²) in [4.78, 5) is 10.7. The number of aromatic nitrogens is 1. The van der Waals surface area contributed by atoms with Gasteiger partial charge in [-0.3, -0.25) is 0 Å². The smallest absolute Gasteiger partial charge is 0.375 e. The highest BCUT2D eigenvalue weighted by atomic mass is 16.5. The van der Waals surface area contributed by atoms with Gasteiger partial charge in [0.1, 0.15) is 0 Å². The maximum atomic E-state index is 10.7. The molecule has 2 rings (SSSR count). The Balaban J connectivity index is 2.52. The van der Waals surface area contributed by atoms with E-state index in [1.165, 1.54) is 6.20 Å². The number of nitrogens with zero attached hydrogens (tertiary/aromatic N) is 1. The highest BCUT2D eigenvalue weighted by Crippen LogP contribution is 2.22. The Bertz CT molecular complexity index is 447. The lowest BCUT2D eigenvalue weighted by Gasteiger charge is -1.95. The highest BCUT2D eigenvalue weighted by molar-refractivity contribution is 5.92. The number of carboxylic acid groups (broad SMARTS) is 1. The van der Waals surface area contributed by atoms with Crippen molar-refractivity contribution in [2.45, 2.75) is 0 Å². The molecule has 1 aromatic heterocycles. The molecule has 2 aromatic rings. The first-order valence-corrected chi connectivity index (χ1v) is 4.02. The van der Waals surface area contributed by atoms with Gasteiger partial charge in [-0.15, -0.1) is 0 Å². The van der Waals surface area contributed by atoms with Crippen LogP contribution in [0, 0.1) is 0 Å². The Morgan fingerprint density at radius 3 is 2.64 bits per heavy atom. The Hall–Kier alpha value is -2.10. The van der Waals surface area contributed by atoms with Gasteiger partial charge in [0.25, 0.3) is 5.76 Å². The summed E-state index contributed by atoms with van der Waals surface area (Å²) in [6, 6.07) is 9.12. The van der Waals surface area contributed by atoms with Gasteiger partial charge in [0.15, 0.2) is 0 Å². The second kappa shape index (κ2) is 3.33. The molecule has 14 heavy (non-hydrogen) atoms. The van der Waals surface area contributed by atoms with E-state index in [1.54, 1.807) is 12.1 Å². The minimum Gasteiger partial charge on any atom is -0.475 e. The molecule has 4 nitrogen and oxygen atoms in total. The minimum atomic E-state index is -1.11. The summed E-state index contributed by atoms with van der Waals surface area (Å²) in [6.07, 6.45) is 1.40. The molecule has 1 N–H and O–H groups in total. The van der Waals surface area contributed by atoms with Crippen LogP contribution in [0.5, 0.6) is 0 Å². The molecule has 0 bridgehead atoms. The van der Waals surface area contributed by atoms with Gasteiger partial charge >= 0.3 is 5.97 Å². The molecule has 0 unspecified atom stereocenters. The highest BCUT2D eigenvalue weighted by Gasteiger charge is 2.16. The molecular formula is C10H7NO3. The first-order valence-electron chi connectivity index (χ1n) is 4.02. The Kier molecular flexibility index (Phi) is 2.02. The van der Waals surface area contributed by atoms with Gasteiger partial charge in [-0.05, 0) is 5.56 Å². The van der Waals surface area contributed by atoms with Gasteiger partial charge in [-0.1, -0.05) is 35.5 Å². The van der Waals surface area contributed by atoms with Crippen molar-refractivity contribution in [1.29, 1.82) is 0 Å². The molecule has 0 aliphatic carbocycles. The number of aromatic carboxylic acids is 1. The second-order valence-electron chi connectivity index (χ2n) is 2.74. The van der Waals surface area contributed by atoms with Crippen LogP contribution >= 0.6 is 0 Å². The van der Waals surface area contributed by atoms with Crippen LogP contribution in [0.2, 0.25) is 0 Å². The lowest BCUT2D eigenvalue weighted by atomic mass is 10.1. The van der Waals surface area contributed by atoms with Crippen molar-refractivity contribution in [3.05, 3.63) is 42.3 Å². The molecule has 0 aliphatic rings. The van der Waals surface area contributed by atoms with Crippen molar-refractivity contribution in [1.82, 2.24) is 5.16 Å². The van der Waals surface area contributed by atoms with Crippen molar-refractivity contribution < 1.29 is 14.4 Å². The molecule has 0 amide bonds. The van der Waals surface area contributed by atoms with Crippen LogP contribution in [0.25, 0.3) is 11.1 Å². The zero-order valence-electron chi connectivity index (χ0n) is 7.18. The van der Waals surface area contributed by atoms with E-state index in [0.29, 0.717) is 5.56 Å². The van der Waals surface area contributed by atoms with Gasteiger partial charge in [0, 0.05) is 0 Å². The Morgan fingerprint density at radius 1 is 1.29 bits per heavy atom. The fourth-order valence-electron chi connectivity index (χ4n) is 1.22. The van der Waals surface area contributed by atoms with E-state index in [1.807, 2.05) is 18.2 Å². The van der Waals surface area contributed by atoms with E-state index in [2.05, 4.69) is 9.68 Å². The summed E-state index contributed by atoms with van der Waals surface area (Å²) in [7, 11) is 0. The maximum Gasteiger partial charge on any atom is 0.375 e. The minimum absolute atomic E-state index is 0.129. The monoisotopic (exact) mass is 189 g/mol. The van der Waals surface area contributed by atoms with Gasteiger partial charge in [-0.2, -0.15) is 0 Å². The number of carboxylic acids is 1. The quantitative estimate of drug-likeness (QED) is 0.785. The zero-order chi connectivity index (χ0) is 9.97. The number of carbonyl (C=O) groups is 1. The van der Waals surface area contributed by atoms with Crippen molar-refractivity contribution in [2.75, 3.05) is 0 Å². The third kappa shape index (κ3) is 1.37. The average molecular weight is 189 g/mol. The first-order chi connectivity index (χ1) is 6.79. The molecule has 1 heterocycles. The molecular weight excluding hydrogens is 182 g/mol. The lowest BCUT2D eigenvalue weighted by molar-refractivity contribution is 0.0653. The Morgan fingerprint density at radius 2 is 2.00 bits per heavy atom. The van der Waals surface area contributed by atoms with E-state index < -0.39 is 5.97 Å². The van der Waals surface area contributed by atoms with E-state index in [0.717, 1.165) is 5.56 Å². The molecule has 4 heteroatoms. The van der Waals surface area contributed by atoms with Crippen LogP contribution in [-0.4, -0.2) is 16.2 Å².